The number of hydrogen-bond acceptors (Lipinski definition) is 2. The summed E-state index contributed by atoms with van der Waals surface area (Å²) in [6.45, 7) is 2.79. The number of carbonyl (C=O) groups is 1. The first-order valence-corrected chi connectivity index (χ1v) is 7.03. The van der Waals surface area contributed by atoms with Crippen molar-refractivity contribution >= 4 is 34.2 Å². The van der Waals surface area contributed by atoms with Crippen LogP contribution in [-0.2, 0) is 4.79 Å². The number of anilines is 1. The summed E-state index contributed by atoms with van der Waals surface area (Å²) >= 11 is 2.32. The molecule has 3 nitrogen and oxygen atoms in total. The van der Waals surface area contributed by atoms with Crippen molar-refractivity contribution in [2.75, 3.05) is 11.9 Å². The van der Waals surface area contributed by atoms with Gasteiger partial charge >= 0.3 is 0 Å². The lowest BCUT2D eigenvalue weighted by atomic mass is 10.2. The van der Waals surface area contributed by atoms with Gasteiger partial charge in [-0.25, -0.2) is 0 Å². The van der Waals surface area contributed by atoms with E-state index >= 15 is 0 Å². The highest BCUT2D eigenvalue weighted by atomic mass is 127. The van der Waals surface area contributed by atoms with Crippen molar-refractivity contribution < 1.29 is 4.79 Å². The quantitative estimate of drug-likeness (QED) is 0.807. The summed E-state index contributed by atoms with van der Waals surface area (Å²) in [5, 5.41) is 6.30. The molecule has 0 unspecified atom stereocenters. The standard InChI is InChI=1S/C13H17IN2O/c1-9-11(14)3-2-4-12(9)15-8-7-13(17)16-10-5-6-10/h2-4,10,15H,5-8H2,1H3,(H,16,17). The monoisotopic (exact) mass is 344 g/mol. The Morgan fingerprint density at radius 3 is 2.94 bits per heavy atom. The zero-order chi connectivity index (χ0) is 12.3. The van der Waals surface area contributed by atoms with E-state index in [1.807, 2.05) is 6.07 Å². The molecule has 0 aliphatic heterocycles. The summed E-state index contributed by atoms with van der Waals surface area (Å²) in [5.41, 5.74) is 2.37. The number of rotatable bonds is 5. The van der Waals surface area contributed by atoms with Crippen LogP contribution in [-0.4, -0.2) is 18.5 Å². The fraction of sp³-hybridized carbons (Fsp3) is 0.462. The fourth-order valence-electron chi connectivity index (χ4n) is 1.64. The molecule has 2 rings (SSSR count). The lowest BCUT2D eigenvalue weighted by molar-refractivity contribution is -0.120. The van der Waals surface area contributed by atoms with Crippen molar-refractivity contribution in [3.63, 3.8) is 0 Å². The minimum Gasteiger partial charge on any atom is -0.384 e. The van der Waals surface area contributed by atoms with E-state index in [1.165, 1.54) is 9.13 Å². The number of hydrogen-bond donors (Lipinski definition) is 2. The summed E-state index contributed by atoms with van der Waals surface area (Å²) in [6.07, 6.45) is 2.84. The second-order valence-corrected chi connectivity index (χ2v) is 5.59. The van der Waals surface area contributed by atoms with Crippen LogP contribution in [0, 0.1) is 10.5 Å². The van der Waals surface area contributed by atoms with E-state index < -0.39 is 0 Å². The van der Waals surface area contributed by atoms with E-state index in [9.17, 15) is 4.79 Å². The Labute approximate surface area is 116 Å². The minimum atomic E-state index is 0.156. The van der Waals surface area contributed by atoms with Crippen molar-refractivity contribution in [2.24, 2.45) is 0 Å². The first kappa shape index (κ1) is 12.7. The van der Waals surface area contributed by atoms with Crippen molar-refractivity contribution in [1.82, 2.24) is 5.32 Å². The molecular formula is C13H17IN2O. The predicted molar refractivity (Wildman–Crippen MR) is 78.2 cm³/mol. The molecule has 2 N–H and O–H groups in total. The van der Waals surface area contributed by atoms with Crippen molar-refractivity contribution in [3.8, 4) is 0 Å². The molecule has 17 heavy (non-hydrogen) atoms. The summed E-state index contributed by atoms with van der Waals surface area (Å²) in [5.74, 6) is 0.156. The molecule has 0 radical (unpaired) electrons. The molecular weight excluding hydrogens is 327 g/mol. The molecule has 92 valence electrons. The predicted octanol–water partition coefficient (Wildman–Crippen LogP) is 2.68. The maximum absolute atomic E-state index is 11.5. The molecule has 1 aromatic rings. The van der Waals surface area contributed by atoms with E-state index in [-0.39, 0.29) is 5.91 Å². The van der Waals surface area contributed by atoms with Gasteiger partial charge in [-0.2, -0.15) is 0 Å². The number of nitrogens with one attached hydrogen (secondary N) is 2. The Morgan fingerprint density at radius 2 is 2.24 bits per heavy atom. The van der Waals surface area contributed by atoms with Crippen LogP contribution in [0.2, 0.25) is 0 Å². The number of halogens is 1. The Hall–Kier alpha value is -0.780. The Balaban J connectivity index is 1.77. The maximum atomic E-state index is 11.5. The van der Waals surface area contributed by atoms with Gasteiger partial charge in [-0.15, -0.1) is 0 Å². The third-order valence-electron chi connectivity index (χ3n) is 2.88. The molecule has 0 aromatic heterocycles. The average Bonchev–Trinajstić information content (AvgIpc) is 3.08. The van der Waals surface area contributed by atoms with E-state index in [0.29, 0.717) is 19.0 Å². The van der Waals surface area contributed by atoms with Gasteiger partial charge in [0.15, 0.2) is 0 Å². The first-order valence-electron chi connectivity index (χ1n) is 5.95. The minimum absolute atomic E-state index is 0.156. The second-order valence-electron chi connectivity index (χ2n) is 4.43. The van der Waals surface area contributed by atoms with Crippen molar-refractivity contribution in [1.29, 1.82) is 0 Å². The second kappa shape index (κ2) is 5.71. The molecule has 0 spiro atoms. The van der Waals surface area contributed by atoms with Gasteiger partial charge in [0.2, 0.25) is 5.91 Å². The zero-order valence-corrected chi connectivity index (χ0v) is 12.1. The molecule has 1 fully saturated rings. The van der Waals surface area contributed by atoms with Crippen LogP contribution >= 0.6 is 22.6 Å². The van der Waals surface area contributed by atoms with Crippen molar-refractivity contribution in [2.45, 2.75) is 32.2 Å². The van der Waals surface area contributed by atoms with Crippen LogP contribution in [0.3, 0.4) is 0 Å². The summed E-state index contributed by atoms with van der Waals surface area (Å²) in [6, 6.07) is 6.63. The van der Waals surface area contributed by atoms with Gasteiger partial charge in [-0.05, 0) is 60.1 Å². The molecule has 1 saturated carbocycles. The third-order valence-corrected chi connectivity index (χ3v) is 4.05. The number of benzene rings is 1. The summed E-state index contributed by atoms with van der Waals surface area (Å²) in [7, 11) is 0. The fourth-order valence-corrected chi connectivity index (χ4v) is 2.14. The number of carbonyl (C=O) groups excluding carboxylic acids is 1. The highest BCUT2D eigenvalue weighted by molar-refractivity contribution is 14.1. The van der Waals surface area contributed by atoms with Gasteiger partial charge in [-0.1, -0.05) is 6.07 Å². The molecule has 1 aliphatic rings. The smallest absolute Gasteiger partial charge is 0.221 e. The summed E-state index contributed by atoms with van der Waals surface area (Å²) < 4.78 is 1.25. The van der Waals surface area contributed by atoms with Gasteiger partial charge in [0.05, 0.1) is 0 Å². The van der Waals surface area contributed by atoms with Gasteiger partial charge in [0.1, 0.15) is 0 Å². The molecule has 0 atom stereocenters. The van der Waals surface area contributed by atoms with Gasteiger partial charge < -0.3 is 10.6 Å². The maximum Gasteiger partial charge on any atom is 0.221 e. The Bertz CT molecular complexity index is 416. The van der Waals surface area contributed by atoms with Crippen molar-refractivity contribution in [3.05, 3.63) is 27.3 Å². The lowest BCUT2D eigenvalue weighted by Crippen LogP contribution is -2.27. The van der Waals surface area contributed by atoms with E-state index in [1.54, 1.807) is 0 Å². The Kier molecular flexibility index (Phi) is 4.25. The largest absolute Gasteiger partial charge is 0.384 e. The van der Waals surface area contributed by atoms with Crippen LogP contribution < -0.4 is 10.6 Å². The normalized spacial score (nSPS) is 14.5. The van der Waals surface area contributed by atoms with Crippen LogP contribution in [0.4, 0.5) is 5.69 Å². The highest BCUT2D eigenvalue weighted by Gasteiger charge is 2.22. The molecule has 1 aromatic carbocycles. The van der Waals surface area contributed by atoms with E-state index in [2.05, 4.69) is 52.3 Å². The topological polar surface area (TPSA) is 41.1 Å². The van der Waals surface area contributed by atoms with Gasteiger partial charge in [0, 0.05) is 28.3 Å². The van der Waals surface area contributed by atoms with E-state index in [4.69, 9.17) is 0 Å². The first-order chi connectivity index (χ1) is 8.16. The molecule has 0 heterocycles. The third kappa shape index (κ3) is 3.87. The van der Waals surface area contributed by atoms with Crippen LogP contribution in [0.1, 0.15) is 24.8 Å². The van der Waals surface area contributed by atoms with Gasteiger partial charge in [-0.3, -0.25) is 4.79 Å². The van der Waals surface area contributed by atoms with Crippen LogP contribution in [0.15, 0.2) is 18.2 Å². The zero-order valence-electron chi connectivity index (χ0n) is 9.92. The molecule has 1 aliphatic carbocycles. The van der Waals surface area contributed by atoms with Crippen LogP contribution in [0.25, 0.3) is 0 Å². The van der Waals surface area contributed by atoms with E-state index in [0.717, 1.165) is 18.5 Å². The average molecular weight is 344 g/mol. The number of amides is 1. The SMILES string of the molecule is Cc1c(I)cccc1NCCC(=O)NC1CC1. The highest BCUT2D eigenvalue weighted by Crippen LogP contribution is 2.20. The molecule has 0 saturated heterocycles. The van der Waals surface area contributed by atoms with Crippen LogP contribution in [0.5, 0.6) is 0 Å². The molecule has 4 heteroatoms. The Morgan fingerprint density at radius 1 is 1.47 bits per heavy atom. The molecule has 0 bridgehead atoms. The summed E-state index contributed by atoms with van der Waals surface area (Å²) in [4.78, 5) is 11.5. The molecule has 1 amide bonds. The lowest BCUT2D eigenvalue weighted by Gasteiger charge is -2.10. The van der Waals surface area contributed by atoms with Gasteiger partial charge in [0.25, 0.3) is 0 Å².